The van der Waals surface area contributed by atoms with E-state index in [1.807, 2.05) is 0 Å². The molecular formula is C10H19N5O2S. The Bertz CT molecular complexity index is 443. The Labute approximate surface area is 108 Å². The number of piperidine rings is 1. The third kappa shape index (κ3) is 2.50. The minimum absolute atomic E-state index is 0.217. The van der Waals surface area contributed by atoms with Crippen molar-refractivity contribution in [3.8, 4) is 6.07 Å². The van der Waals surface area contributed by atoms with Crippen LogP contribution in [0.4, 0.5) is 0 Å². The van der Waals surface area contributed by atoms with E-state index in [1.165, 1.54) is 4.31 Å². The summed E-state index contributed by atoms with van der Waals surface area (Å²) in [6.45, 7) is 2.27. The van der Waals surface area contributed by atoms with Crippen LogP contribution in [0.1, 0.15) is 19.3 Å². The molecule has 0 aromatic heterocycles. The summed E-state index contributed by atoms with van der Waals surface area (Å²) in [4.78, 5) is 2.20. The summed E-state index contributed by atoms with van der Waals surface area (Å²) in [6.07, 6.45) is 2.11. The van der Waals surface area contributed by atoms with Gasteiger partial charge in [-0.05, 0) is 12.8 Å². The lowest BCUT2D eigenvalue weighted by Gasteiger charge is -2.55. The third-order valence-electron chi connectivity index (χ3n) is 3.92. The van der Waals surface area contributed by atoms with Crippen LogP contribution in [0.2, 0.25) is 0 Å². The van der Waals surface area contributed by atoms with E-state index in [0.29, 0.717) is 19.5 Å². The van der Waals surface area contributed by atoms with Gasteiger partial charge in [-0.25, -0.2) is 5.14 Å². The normalized spacial score (nSPS) is 26.5. The highest BCUT2D eigenvalue weighted by atomic mass is 32.2. The van der Waals surface area contributed by atoms with Crippen molar-refractivity contribution in [2.75, 3.05) is 26.2 Å². The maximum Gasteiger partial charge on any atom is 0.277 e. The zero-order chi connectivity index (χ0) is 13.4. The summed E-state index contributed by atoms with van der Waals surface area (Å²) >= 11 is 0. The van der Waals surface area contributed by atoms with Crippen LogP contribution < -0.4 is 10.9 Å². The molecule has 0 aromatic carbocycles. The number of likely N-dealkylation sites (tertiary alicyclic amines) is 1. The summed E-state index contributed by atoms with van der Waals surface area (Å²) in [6, 6.07) is 2.37. The minimum Gasteiger partial charge on any atom is -0.328 e. The molecule has 0 atom stereocenters. The number of nitrogens with two attached hydrogens (primary N) is 2. The molecule has 0 unspecified atom stereocenters. The van der Waals surface area contributed by atoms with E-state index in [-0.39, 0.29) is 11.6 Å². The molecule has 2 rings (SSSR count). The predicted octanol–water partition coefficient (Wildman–Crippen LogP) is -1.42. The Kier molecular flexibility index (Phi) is 3.62. The highest BCUT2D eigenvalue weighted by Gasteiger charge is 2.51. The van der Waals surface area contributed by atoms with Gasteiger partial charge < -0.3 is 5.73 Å². The van der Waals surface area contributed by atoms with Gasteiger partial charge in [-0.1, -0.05) is 0 Å². The van der Waals surface area contributed by atoms with Crippen LogP contribution in [-0.2, 0) is 10.2 Å². The van der Waals surface area contributed by atoms with Crippen molar-refractivity contribution >= 4 is 10.2 Å². The van der Waals surface area contributed by atoms with Crippen molar-refractivity contribution < 1.29 is 8.42 Å². The highest BCUT2D eigenvalue weighted by molar-refractivity contribution is 7.86. The first-order chi connectivity index (χ1) is 8.37. The molecule has 7 nitrogen and oxygen atoms in total. The van der Waals surface area contributed by atoms with Crippen LogP contribution in [0.5, 0.6) is 0 Å². The second-order valence-corrected chi connectivity index (χ2v) is 6.74. The molecule has 2 fully saturated rings. The Balaban J connectivity index is 2.05. The molecule has 2 saturated heterocycles. The second kappa shape index (κ2) is 4.75. The molecule has 4 N–H and O–H groups in total. The van der Waals surface area contributed by atoms with E-state index in [1.54, 1.807) is 0 Å². The van der Waals surface area contributed by atoms with Gasteiger partial charge in [0.15, 0.2) is 0 Å². The Morgan fingerprint density at radius 2 is 1.89 bits per heavy atom. The summed E-state index contributed by atoms with van der Waals surface area (Å²) in [7, 11) is -3.63. The molecule has 102 valence electrons. The van der Waals surface area contributed by atoms with Crippen LogP contribution in [0.15, 0.2) is 0 Å². The van der Waals surface area contributed by atoms with Gasteiger partial charge in [0.2, 0.25) is 0 Å². The molecule has 8 heteroatoms. The molecule has 2 aliphatic rings. The Hall–Kier alpha value is -0.720. The van der Waals surface area contributed by atoms with Gasteiger partial charge in [-0.3, -0.25) is 4.90 Å². The maximum absolute atomic E-state index is 11.2. The highest BCUT2D eigenvalue weighted by Crippen LogP contribution is 2.34. The molecule has 0 bridgehead atoms. The molecule has 0 amide bonds. The molecular weight excluding hydrogens is 254 g/mol. The van der Waals surface area contributed by atoms with Gasteiger partial charge in [0.05, 0.1) is 18.0 Å². The fourth-order valence-corrected chi connectivity index (χ4v) is 3.58. The first kappa shape index (κ1) is 13.7. The van der Waals surface area contributed by atoms with Crippen LogP contribution in [-0.4, -0.2) is 55.4 Å². The van der Waals surface area contributed by atoms with E-state index >= 15 is 0 Å². The van der Waals surface area contributed by atoms with E-state index in [9.17, 15) is 8.42 Å². The fraction of sp³-hybridized carbons (Fsp3) is 0.900. The Morgan fingerprint density at radius 1 is 1.33 bits per heavy atom. The van der Waals surface area contributed by atoms with Crippen LogP contribution in [0.3, 0.4) is 0 Å². The van der Waals surface area contributed by atoms with Gasteiger partial charge in [0, 0.05) is 32.2 Å². The van der Waals surface area contributed by atoms with E-state index in [4.69, 9.17) is 16.1 Å². The number of nitrogens with zero attached hydrogens (tertiary/aromatic N) is 3. The van der Waals surface area contributed by atoms with Crippen molar-refractivity contribution in [2.24, 2.45) is 10.9 Å². The van der Waals surface area contributed by atoms with E-state index in [0.717, 1.165) is 25.9 Å². The van der Waals surface area contributed by atoms with Crippen molar-refractivity contribution in [1.82, 2.24) is 9.21 Å². The molecule has 0 aromatic rings. The van der Waals surface area contributed by atoms with Crippen LogP contribution >= 0.6 is 0 Å². The summed E-state index contributed by atoms with van der Waals surface area (Å²) in [5, 5.41) is 14.0. The smallest absolute Gasteiger partial charge is 0.277 e. The van der Waals surface area contributed by atoms with Crippen molar-refractivity contribution in [2.45, 2.75) is 30.8 Å². The Morgan fingerprint density at radius 3 is 2.33 bits per heavy atom. The molecule has 18 heavy (non-hydrogen) atoms. The summed E-state index contributed by atoms with van der Waals surface area (Å²) in [5.41, 5.74) is 5.49. The standard InChI is InChI=1S/C10H19N5O2S/c11-4-3-10(7-15(8-10)18(13,16)17)14-5-1-9(12)2-6-14/h9H,1-3,5-8,12H2,(H2,13,16,17). The summed E-state index contributed by atoms with van der Waals surface area (Å²) in [5.74, 6) is 0. The second-order valence-electron chi connectivity index (χ2n) is 5.20. The number of nitriles is 1. The first-order valence-corrected chi connectivity index (χ1v) is 7.53. The lowest BCUT2D eigenvalue weighted by molar-refractivity contribution is -0.0234. The fourth-order valence-electron chi connectivity index (χ4n) is 2.73. The zero-order valence-corrected chi connectivity index (χ0v) is 11.1. The zero-order valence-electron chi connectivity index (χ0n) is 10.2. The molecule has 2 heterocycles. The minimum atomic E-state index is -3.63. The monoisotopic (exact) mass is 273 g/mol. The van der Waals surface area contributed by atoms with Gasteiger partial charge in [-0.15, -0.1) is 0 Å². The van der Waals surface area contributed by atoms with Crippen molar-refractivity contribution in [3.05, 3.63) is 0 Å². The molecule has 0 aliphatic carbocycles. The van der Waals surface area contributed by atoms with E-state index < -0.39 is 10.2 Å². The maximum atomic E-state index is 11.2. The lowest BCUT2D eigenvalue weighted by Crippen LogP contribution is -2.72. The number of hydrogen-bond acceptors (Lipinski definition) is 5. The topological polar surface area (TPSA) is 116 Å². The molecule has 0 saturated carbocycles. The van der Waals surface area contributed by atoms with Gasteiger partial charge in [0.25, 0.3) is 10.2 Å². The third-order valence-corrected chi connectivity index (χ3v) is 4.90. The van der Waals surface area contributed by atoms with Crippen LogP contribution in [0.25, 0.3) is 0 Å². The lowest BCUT2D eigenvalue weighted by atomic mass is 9.85. The first-order valence-electron chi connectivity index (χ1n) is 6.03. The average Bonchev–Trinajstić information content (AvgIpc) is 2.22. The molecule has 2 aliphatic heterocycles. The largest absolute Gasteiger partial charge is 0.328 e. The van der Waals surface area contributed by atoms with Crippen molar-refractivity contribution in [3.63, 3.8) is 0 Å². The van der Waals surface area contributed by atoms with Gasteiger partial charge in [0.1, 0.15) is 0 Å². The number of hydrogen-bond donors (Lipinski definition) is 2. The average molecular weight is 273 g/mol. The predicted molar refractivity (Wildman–Crippen MR) is 66.4 cm³/mol. The molecule has 0 spiro atoms. The van der Waals surface area contributed by atoms with E-state index in [2.05, 4.69) is 11.0 Å². The number of rotatable bonds is 3. The van der Waals surface area contributed by atoms with Crippen LogP contribution in [0, 0.1) is 11.3 Å². The van der Waals surface area contributed by atoms with Crippen molar-refractivity contribution in [1.29, 1.82) is 5.26 Å². The van der Waals surface area contributed by atoms with Gasteiger partial charge >= 0.3 is 0 Å². The SMILES string of the molecule is N#CCC1(N2CCC(N)CC2)CN(S(N)(=O)=O)C1. The molecule has 0 radical (unpaired) electrons. The quantitative estimate of drug-likeness (QED) is 0.654. The summed E-state index contributed by atoms with van der Waals surface area (Å²) < 4.78 is 23.7. The van der Waals surface area contributed by atoms with Gasteiger partial charge in [-0.2, -0.15) is 18.0 Å².